The Balaban J connectivity index is 2.44. The Morgan fingerprint density at radius 2 is 2.30 bits per heavy atom. The quantitative estimate of drug-likeness (QED) is 0.654. The molecule has 2 aromatic rings. The molecule has 7 nitrogen and oxygen atoms in total. The van der Waals surface area contributed by atoms with Crippen LogP contribution in [0.2, 0.25) is 0 Å². The number of esters is 1. The van der Waals surface area contributed by atoms with Crippen molar-refractivity contribution in [2.45, 2.75) is 37.1 Å². The van der Waals surface area contributed by atoms with E-state index in [0.717, 1.165) is 18.5 Å². The van der Waals surface area contributed by atoms with Crippen LogP contribution < -0.4 is 5.56 Å². The lowest BCUT2D eigenvalue weighted by molar-refractivity contribution is -0.139. The van der Waals surface area contributed by atoms with Gasteiger partial charge in [0.25, 0.3) is 5.56 Å². The molecule has 0 aliphatic carbocycles. The molecule has 0 bridgehead atoms. The van der Waals surface area contributed by atoms with Gasteiger partial charge in [-0.05, 0) is 13.3 Å². The van der Waals surface area contributed by atoms with Crippen LogP contribution >= 0.6 is 11.8 Å². The summed E-state index contributed by atoms with van der Waals surface area (Å²) >= 11 is 1.25. The second-order valence-corrected chi connectivity index (χ2v) is 5.61. The second kappa shape index (κ2) is 6.08. The lowest BCUT2D eigenvalue weighted by Gasteiger charge is -2.09. The van der Waals surface area contributed by atoms with Gasteiger partial charge in [0.15, 0.2) is 5.16 Å². The summed E-state index contributed by atoms with van der Waals surface area (Å²) in [5.74, 6) is 0.0636. The molecular formula is C12H16N4O3S. The molecule has 8 heteroatoms. The van der Waals surface area contributed by atoms with Crippen molar-refractivity contribution in [1.29, 1.82) is 0 Å². The highest BCUT2D eigenvalue weighted by atomic mass is 32.2. The Kier molecular flexibility index (Phi) is 4.43. The molecule has 0 fully saturated rings. The zero-order valence-electron chi connectivity index (χ0n) is 11.5. The first-order valence-corrected chi connectivity index (χ1v) is 7.16. The number of ether oxygens (including phenoxy) is 1. The van der Waals surface area contributed by atoms with Crippen molar-refractivity contribution in [3.63, 3.8) is 0 Å². The van der Waals surface area contributed by atoms with Crippen molar-refractivity contribution in [1.82, 2.24) is 19.6 Å². The fourth-order valence-electron chi connectivity index (χ4n) is 1.86. The molecule has 0 amide bonds. The van der Waals surface area contributed by atoms with Gasteiger partial charge in [-0.25, -0.2) is 0 Å². The van der Waals surface area contributed by atoms with E-state index in [1.54, 1.807) is 11.3 Å². The number of aromatic amines is 1. The summed E-state index contributed by atoms with van der Waals surface area (Å²) in [5, 5.41) is 8.15. The van der Waals surface area contributed by atoms with Crippen LogP contribution in [0.1, 0.15) is 26.0 Å². The smallest absolute Gasteiger partial charge is 0.318 e. The van der Waals surface area contributed by atoms with E-state index < -0.39 is 5.25 Å². The number of methoxy groups -OCH3 is 1. The number of hydrogen-bond acceptors (Lipinski definition) is 6. The van der Waals surface area contributed by atoms with Crippen LogP contribution in [-0.4, -0.2) is 37.9 Å². The van der Waals surface area contributed by atoms with Gasteiger partial charge in [0.05, 0.1) is 7.11 Å². The van der Waals surface area contributed by atoms with Gasteiger partial charge in [-0.1, -0.05) is 25.1 Å². The predicted octanol–water partition coefficient (Wildman–Crippen LogP) is 1.02. The molecule has 0 saturated heterocycles. The number of hydrogen-bond donors (Lipinski definition) is 1. The summed E-state index contributed by atoms with van der Waals surface area (Å²) in [7, 11) is 1.35. The van der Waals surface area contributed by atoms with Gasteiger partial charge in [-0.2, -0.15) is 0 Å². The summed E-state index contributed by atoms with van der Waals surface area (Å²) in [4.78, 5) is 25.7. The summed E-state index contributed by atoms with van der Waals surface area (Å²) in [6.45, 7) is 3.77. The number of aromatic nitrogens is 4. The Morgan fingerprint density at radius 1 is 1.55 bits per heavy atom. The number of aryl methyl sites for hydroxylation is 1. The number of rotatable bonds is 5. The van der Waals surface area contributed by atoms with Gasteiger partial charge in [0.2, 0.25) is 5.78 Å². The highest BCUT2D eigenvalue weighted by molar-refractivity contribution is 8.00. The number of carbonyl (C=O) groups is 1. The summed E-state index contributed by atoms with van der Waals surface area (Å²) in [6.07, 6.45) is 1.63. The molecule has 108 valence electrons. The zero-order chi connectivity index (χ0) is 14.7. The molecule has 20 heavy (non-hydrogen) atoms. The molecule has 0 spiro atoms. The van der Waals surface area contributed by atoms with Crippen LogP contribution in [0.3, 0.4) is 0 Å². The first kappa shape index (κ1) is 14.6. The largest absolute Gasteiger partial charge is 0.468 e. The number of nitrogens with zero attached hydrogens (tertiary/aromatic N) is 3. The maximum absolute atomic E-state index is 11.5. The molecule has 2 heterocycles. The zero-order valence-corrected chi connectivity index (χ0v) is 12.4. The second-order valence-electron chi connectivity index (χ2n) is 4.30. The average molecular weight is 296 g/mol. The topological polar surface area (TPSA) is 89.4 Å². The van der Waals surface area contributed by atoms with Crippen molar-refractivity contribution in [2.24, 2.45) is 0 Å². The number of carbonyl (C=O) groups excluding carboxylic acids is 1. The normalized spacial score (nSPS) is 12.6. The van der Waals surface area contributed by atoms with E-state index >= 15 is 0 Å². The predicted molar refractivity (Wildman–Crippen MR) is 74.9 cm³/mol. The van der Waals surface area contributed by atoms with E-state index in [-0.39, 0.29) is 11.5 Å². The molecule has 2 aromatic heterocycles. The van der Waals surface area contributed by atoms with Crippen molar-refractivity contribution in [3.05, 3.63) is 22.1 Å². The lowest BCUT2D eigenvalue weighted by atomic mass is 10.2. The molecule has 1 atom stereocenters. The van der Waals surface area contributed by atoms with E-state index in [1.807, 2.05) is 6.92 Å². The SMILES string of the molecule is CCCc1cc(=O)[nH]c2nnc(S[C@H](C)C(=O)OC)n12. The van der Waals surface area contributed by atoms with E-state index in [0.29, 0.717) is 10.9 Å². The molecular weight excluding hydrogens is 280 g/mol. The number of nitrogens with one attached hydrogen (secondary N) is 1. The molecule has 0 aliphatic rings. The fourth-order valence-corrected chi connectivity index (χ4v) is 2.77. The van der Waals surface area contributed by atoms with Crippen molar-refractivity contribution >= 4 is 23.5 Å². The van der Waals surface area contributed by atoms with E-state index in [9.17, 15) is 9.59 Å². The van der Waals surface area contributed by atoms with Crippen molar-refractivity contribution in [3.8, 4) is 0 Å². The van der Waals surface area contributed by atoms with Gasteiger partial charge in [0, 0.05) is 11.8 Å². The molecule has 0 aromatic carbocycles. The summed E-state index contributed by atoms with van der Waals surface area (Å²) in [6, 6.07) is 1.53. The molecule has 0 radical (unpaired) electrons. The van der Waals surface area contributed by atoms with E-state index in [1.165, 1.54) is 24.9 Å². The number of thioether (sulfide) groups is 1. The van der Waals surface area contributed by atoms with Gasteiger partial charge in [-0.3, -0.25) is 19.0 Å². The molecule has 0 unspecified atom stereocenters. The van der Waals surface area contributed by atoms with Gasteiger partial charge >= 0.3 is 5.97 Å². The third-order valence-corrected chi connectivity index (χ3v) is 3.80. The van der Waals surface area contributed by atoms with E-state index in [2.05, 4.69) is 15.2 Å². The van der Waals surface area contributed by atoms with Crippen molar-refractivity contribution < 1.29 is 9.53 Å². The van der Waals surface area contributed by atoms with Gasteiger partial charge in [0.1, 0.15) is 5.25 Å². The number of fused-ring (bicyclic) bond motifs is 1. The first-order chi connectivity index (χ1) is 9.56. The standard InChI is InChI=1S/C12H16N4O3S/c1-4-5-8-6-9(17)13-11-14-15-12(16(8)11)20-7(2)10(18)19-3/h6-7H,4-5H2,1-3H3,(H,13,14,17)/t7-/m1/s1. The van der Waals surface area contributed by atoms with Crippen LogP contribution in [0.4, 0.5) is 0 Å². The summed E-state index contributed by atoms with van der Waals surface area (Å²) < 4.78 is 6.47. The lowest BCUT2D eigenvalue weighted by Crippen LogP contribution is -2.16. The fraction of sp³-hybridized carbons (Fsp3) is 0.500. The highest BCUT2D eigenvalue weighted by Crippen LogP contribution is 2.23. The minimum atomic E-state index is -0.395. The molecule has 0 saturated carbocycles. The minimum absolute atomic E-state index is 0.203. The molecule has 0 aliphatic heterocycles. The summed E-state index contributed by atoms with van der Waals surface area (Å²) in [5.41, 5.74) is 0.627. The van der Waals surface area contributed by atoms with Crippen LogP contribution in [0.25, 0.3) is 5.78 Å². The Hall–Kier alpha value is -1.83. The first-order valence-electron chi connectivity index (χ1n) is 6.28. The van der Waals surface area contributed by atoms with Crippen molar-refractivity contribution in [2.75, 3.05) is 7.11 Å². The molecule has 2 rings (SSSR count). The number of H-pyrrole nitrogens is 1. The third kappa shape index (κ3) is 2.84. The average Bonchev–Trinajstić information content (AvgIpc) is 2.81. The maximum atomic E-state index is 11.5. The highest BCUT2D eigenvalue weighted by Gasteiger charge is 2.19. The minimum Gasteiger partial charge on any atom is -0.468 e. The maximum Gasteiger partial charge on any atom is 0.318 e. The van der Waals surface area contributed by atoms with Gasteiger partial charge < -0.3 is 4.74 Å². The molecule has 1 N–H and O–H groups in total. The van der Waals surface area contributed by atoms with Crippen LogP contribution in [0.5, 0.6) is 0 Å². The monoisotopic (exact) mass is 296 g/mol. The third-order valence-electron chi connectivity index (χ3n) is 2.77. The Bertz CT molecular complexity index is 679. The van der Waals surface area contributed by atoms with Crippen LogP contribution in [0, 0.1) is 0 Å². The Labute approximate surface area is 119 Å². The van der Waals surface area contributed by atoms with Crippen LogP contribution in [-0.2, 0) is 16.0 Å². The Morgan fingerprint density at radius 3 is 2.95 bits per heavy atom. The van der Waals surface area contributed by atoms with Crippen LogP contribution in [0.15, 0.2) is 16.0 Å². The van der Waals surface area contributed by atoms with Gasteiger partial charge in [-0.15, -0.1) is 10.2 Å². The van der Waals surface area contributed by atoms with E-state index in [4.69, 9.17) is 4.74 Å².